The highest BCUT2D eigenvalue weighted by molar-refractivity contribution is 9.10. The van der Waals surface area contributed by atoms with E-state index in [-0.39, 0.29) is 10.2 Å². The van der Waals surface area contributed by atoms with Gasteiger partial charge in [-0.3, -0.25) is 0 Å². The van der Waals surface area contributed by atoms with Crippen molar-refractivity contribution in [1.82, 2.24) is 5.32 Å². The molecule has 0 aliphatic rings. The zero-order valence-corrected chi connectivity index (χ0v) is 13.5. The number of rotatable bonds is 7. The molecule has 0 saturated carbocycles. The van der Waals surface area contributed by atoms with Crippen LogP contribution in [0.3, 0.4) is 0 Å². The lowest BCUT2D eigenvalue weighted by atomic mass is 9.97. The highest BCUT2D eigenvalue weighted by atomic mass is 79.9. The van der Waals surface area contributed by atoms with Crippen LogP contribution in [0, 0.1) is 0 Å². The minimum atomic E-state index is -4.71. The van der Waals surface area contributed by atoms with Crippen LogP contribution in [0.4, 0.5) is 13.2 Å². The number of aliphatic hydroxyl groups is 1. The number of halogens is 4. The fraction of sp³-hybridized carbons (Fsp3) is 0.571. The Kier molecular flexibility index (Phi) is 6.49. The van der Waals surface area contributed by atoms with E-state index in [2.05, 4.69) is 26.0 Å². The maximum Gasteiger partial charge on any atom is 0.573 e. The van der Waals surface area contributed by atoms with Crippen LogP contribution in [0.15, 0.2) is 22.7 Å². The molecule has 0 saturated heterocycles. The fourth-order valence-corrected chi connectivity index (χ4v) is 2.31. The number of alkyl halides is 3. The highest BCUT2D eigenvalue weighted by Gasteiger charge is 2.31. The standard InChI is InChI=1S/C14H19BrF3NO2/c1-3-13(20,4-2)9-19-8-10-5-6-12(11(15)7-10)21-14(16,17)18/h5-7,19-20H,3-4,8-9H2,1-2H3. The van der Waals surface area contributed by atoms with Gasteiger partial charge in [0.05, 0.1) is 10.1 Å². The summed E-state index contributed by atoms with van der Waals surface area (Å²) in [5.41, 5.74) is 0.0438. The minimum Gasteiger partial charge on any atom is -0.405 e. The third-order valence-corrected chi connectivity index (χ3v) is 3.94. The molecule has 2 N–H and O–H groups in total. The van der Waals surface area contributed by atoms with Gasteiger partial charge < -0.3 is 15.2 Å². The van der Waals surface area contributed by atoms with E-state index in [4.69, 9.17) is 0 Å². The molecule has 0 aromatic heterocycles. The van der Waals surface area contributed by atoms with Crippen LogP contribution in [-0.4, -0.2) is 23.6 Å². The zero-order chi connectivity index (χ0) is 16.1. The summed E-state index contributed by atoms with van der Waals surface area (Å²) in [7, 11) is 0. The summed E-state index contributed by atoms with van der Waals surface area (Å²) in [6, 6.07) is 4.38. The lowest BCUT2D eigenvalue weighted by Gasteiger charge is -2.25. The molecule has 0 fully saturated rings. The second kappa shape index (κ2) is 7.47. The molecule has 3 nitrogen and oxygen atoms in total. The molecule has 1 rings (SSSR count). The summed E-state index contributed by atoms with van der Waals surface area (Å²) in [6.45, 7) is 4.70. The minimum absolute atomic E-state index is 0.236. The molecule has 1 aromatic rings. The quantitative estimate of drug-likeness (QED) is 0.763. The average Bonchev–Trinajstić information content (AvgIpc) is 2.40. The van der Waals surface area contributed by atoms with Crippen molar-refractivity contribution in [1.29, 1.82) is 0 Å². The number of ether oxygens (including phenoxy) is 1. The Labute approximate surface area is 130 Å². The van der Waals surface area contributed by atoms with E-state index in [9.17, 15) is 18.3 Å². The summed E-state index contributed by atoms with van der Waals surface area (Å²) < 4.78 is 40.6. The van der Waals surface area contributed by atoms with Crippen molar-refractivity contribution >= 4 is 15.9 Å². The van der Waals surface area contributed by atoms with Gasteiger partial charge in [-0.1, -0.05) is 19.9 Å². The van der Waals surface area contributed by atoms with Gasteiger partial charge in [0.15, 0.2) is 0 Å². The molecule has 7 heteroatoms. The number of hydrogen-bond acceptors (Lipinski definition) is 3. The van der Waals surface area contributed by atoms with Crippen LogP contribution >= 0.6 is 15.9 Å². The molecule has 120 valence electrons. The van der Waals surface area contributed by atoms with Gasteiger partial charge in [0.25, 0.3) is 0 Å². The van der Waals surface area contributed by atoms with Crippen molar-refractivity contribution in [2.45, 2.75) is 45.2 Å². The first-order valence-corrected chi connectivity index (χ1v) is 7.45. The molecular formula is C14H19BrF3NO2. The molecule has 0 atom stereocenters. The van der Waals surface area contributed by atoms with Gasteiger partial charge in [0.2, 0.25) is 0 Å². The summed E-state index contributed by atoms with van der Waals surface area (Å²) >= 11 is 3.06. The SMILES string of the molecule is CCC(O)(CC)CNCc1ccc(OC(F)(F)F)c(Br)c1. The summed E-state index contributed by atoms with van der Waals surface area (Å²) in [4.78, 5) is 0. The smallest absolute Gasteiger partial charge is 0.405 e. The zero-order valence-electron chi connectivity index (χ0n) is 11.9. The Morgan fingerprint density at radius 3 is 2.33 bits per heavy atom. The average molecular weight is 370 g/mol. The van der Waals surface area contributed by atoms with Gasteiger partial charge in [-0.2, -0.15) is 0 Å². The molecule has 0 spiro atoms. The van der Waals surface area contributed by atoms with Gasteiger partial charge >= 0.3 is 6.36 Å². The van der Waals surface area contributed by atoms with Crippen molar-refractivity contribution in [3.8, 4) is 5.75 Å². The van der Waals surface area contributed by atoms with Crippen molar-refractivity contribution < 1.29 is 23.0 Å². The predicted octanol–water partition coefficient (Wildman–Crippen LogP) is 3.99. The normalized spacial score (nSPS) is 12.5. The van der Waals surface area contributed by atoms with Crippen LogP contribution in [0.1, 0.15) is 32.3 Å². The molecule has 0 unspecified atom stereocenters. The van der Waals surface area contributed by atoms with Crippen LogP contribution < -0.4 is 10.1 Å². The van der Waals surface area contributed by atoms with E-state index in [1.165, 1.54) is 6.07 Å². The molecule has 0 aliphatic carbocycles. The van der Waals surface area contributed by atoms with Crippen molar-refractivity contribution in [2.75, 3.05) is 6.54 Å². The number of nitrogens with one attached hydrogen (secondary N) is 1. The second-order valence-electron chi connectivity index (χ2n) is 4.85. The molecule has 0 radical (unpaired) electrons. The third kappa shape index (κ3) is 6.23. The summed E-state index contributed by atoms with van der Waals surface area (Å²) in [5.74, 6) is -0.273. The maximum atomic E-state index is 12.2. The second-order valence-corrected chi connectivity index (χ2v) is 5.70. The molecular weight excluding hydrogens is 351 g/mol. The fourth-order valence-electron chi connectivity index (χ4n) is 1.80. The first-order valence-electron chi connectivity index (χ1n) is 6.66. The van der Waals surface area contributed by atoms with Gasteiger partial charge in [-0.15, -0.1) is 13.2 Å². The largest absolute Gasteiger partial charge is 0.573 e. The lowest BCUT2D eigenvalue weighted by Crippen LogP contribution is -2.39. The number of benzene rings is 1. The Morgan fingerprint density at radius 2 is 1.86 bits per heavy atom. The van der Waals surface area contributed by atoms with Crippen molar-refractivity contribution in [3.05, 3.63) is 28.2 Å². The first-order chi connectivity index (χ1) is 9.69. The van der Waals surface area contributed by atoms with E-state index in [1.54, 1.807) is 12.1 Å². The summed E-state index contributed by atoms with van der Waals surface area (Å²) in [6.07, 6.45) is -3.43. The maximum absolute atomic E-state index is 12.2. The highest BCUT2D eigenvalue weighted by Crippen LogP contribution is 2.31. The van der Waals surface area contributed by atoms with E-state index < -0.39 is 12.0 Å². The van der Waals surface area contributed by atoms with E-state index in [1.807, 2.05) is 13.8 Å². The van der Waals surface area contributed by atoms with Crippen LogP contribution in [-0.2, 0) is 6.54 Å². The Bertz CT molecular complexity index is 462. The molecule has 0 bridgehead atoms. The van der Waals surface area contributed by atoms with Crippen LogP contribution in [0.5, 0.6) is 5.75 Å². The Balaban J connectivity index is 2.60. The van der Waals surface area contributed by atoms with Gasteiger partial charge in [0.1, 0.15) is 5.75 Å². The van der Waals surface area contributed by atoms with E-state index in [0.29, 0.717) is 25.9 Å². The van der Waals surface area contributed by atoms with Crippen molar-refractivity contribution in [3.63, 3.8) is 0 Å². The lowest BCUT2D eigenvalue weighted by molar-refractivity contribution is -0.274. The van der Waals surface area contributed by atoms with E-state index in [0.717, 1.165) is 5.56 Å². The van der Waals surface area contributed by atoms with Crippen LogP contribution in [0.2, 0.25) is 0 Å². The first kappa shape index (κ1) is 18.3. The number of hydrogen-bond donors (Lipinski definition) is 2. The monoisotopic (exact) mass is 369 g/mol. The predicted molar refractivity (Wildman–Crippen MR) is 78.1 cm³/mol. The van der Waals surface area contributed by atoms with Gasteiger partial charge in [-0.05, 0) is 46.5 Å². The Hall–Kier alpha value is -0.790. The van der Waals surface area contributed by atoms with Crippen LogP contribution in [0.25, 0.3) is 0 Å². The topological polar surface area (TPSA) is 41.5 Å². The molecule has 0 amide bonds. The van der Waals surface area contributed by atoms with Crippen molar-refractivity contribution in [2.24, 2.45) is 0 Å². The molecule has 0 aliphatic heterocycles. The Morgan fingerprint density at radius 1 is 1.24 bits per heavy atom. The summed E-state index contributed by atoms with van der Waals surface area (Å²) in [5, 5.41) is 13.2. The van der Waals surface area contributed by atoms with Gasteiger partial charge in [0, 0.05) is 13.1 Å². The van der Waals surface area contributed by atoms with E-state index >= 15 is 0 Å². The molecule has 0 heterocycles. The third-order valence-electron chi connectivity index (χ3n) is 3.32. The van der Waals surface area contributed by atoms with Gasteiger partial charge in [-0.25, -0.2) is 0 Å². The molecule has 21 heavy (non-hydrogen) atoms. The molecule has 1 aromatic carbocycles.